The smallest absolute Gasteiger partial charge is 0.264 e. The summed E-state index contributed by atoms with van der Waals surface area (Å²) in [6.07, 6.45) is 3.49. The Bertz CT molecular complexity index is 752. The van der Waals surface area contributed by atoms with Crippen LogP contribution in [0.5, 0.6) is 0 Å². The van der Waals surface area contributed by atoms with Crippen LogP contribution in [-0.2, 0) is 4.79 Å². The molecule has 0 atom stereocenters. The molecular formula is C17H13N3OS. The Morgan fingerprint density at radius 2 is 1.55 bits per heavy atom. The molecule has 5 heteroatoms. The molecule has 1 N–H and O–H groups in total. The first-order valence-corrected chi connectivity index (χ1v) is 7.55. The highest BCUT2D eigenvalue weighted by atomic mass is 32.2. The molecule has 0 radical (unpaired) electrons. The van der Waals surface area contributed by atoms with E-state index in [2.05, 4.69) is 15.5 Å². The van der Waals surface area contributed by atoms with Crippen molar-refractivity contribution in [3.8, 4) is 0 Å². The number of thioether (sulfide) groups is 1. The van der Waals surface area contributed by atoms with Gasteiger partial charge < -0.3 is 0 Å². The summed E-state index contributed by atoms with van der Waals surface area (Å²) in [6.45, 7) is 0. The summed E-state index contributed by atoms with van der Waals surface area (Å²) in [7, 11) is 0. The maximum atomic E-state index is 11.9. The highest BCUT2D eigenvalue weighted by Crippen LogP contribution is 2.25. The van der Waals surface area contributed by atoms with E-state index in [1.54, 1.807) is 6.21 Å². The molecule has 3 rings (SSSR count). The van der Waals surface area contributed by atoms with Crippen LogP contribution in [0.25, 0.3) is 6.08 Å². The van der Waals surface area contributed by atoms with Gasteiger partial charge in [-0.3, -0.25) is 10.1 Å². The van der Waals surface area contributed by atoms with Gasteiger partial charge in [0.2, 0.25) is 0 Å². The Kier molecular flexibility index (Phi) is 4.46. The van der Waals surface area contributed by atoms with Crippen LogP contribution in [0.15, 0.2) is 75.8 Å². The fourth-order valence-electron chi connectivity index (χ4n) is 1.86. The monoisotopic (exact) mass is 307 g/mol. The summed E-state index contributed by atoms with van der Waals surface area (Å²) < 4.78 is 0. The zero-order valence-corrected chi connectivity index (χ0v) is 12.5. The average Bonchev–Trinajstić information content (AvgIpc) is 2.89. The van der Waals surface area contributed by atoms with Crippen LogP contribution < -0.4 is 5.32 Å². The zero-order chi connectivity index (χ0) is 15.2. The molecule has 108 valence electrons. The van der Waals surface area contributed by atoms with E-state index in [1.165, 1.54) is 11.8 Å². The molecule has 0 unspecified atom stereocenters. The van der Waals surface area contributed by atoms with E-state index in [-0.39, 0.29) is 5.91 Å². The van der Waals surface area contributed by atoms with Gasteiger partial charge in [0.1, 0.15) is 0 Å². The van der Waals surface area contributed by atoms with Crippen LogP contribution in [0.2, 0.25) is 0 Å². The van der Waals surface area contributed by atoms with Gasteiger partial charge in [-0.25, -0.2) is 0 Å². The topological polar surface area (TPSA) is 53.8 Å². The van der Waals surface area contributed by atoms with Crippen molar-refractivity contribution < 1.29 is 4.79 Å². The molecule has 1 fully saturated rings. The zero-order valence-electron chi connectivity index (χ0n) is 11.6. The molecule has 0 saturated carbocycles. The molecule has 1 aliphatic heterocycles. The molecule has 1 saturated heterocycles. The van der Waals surface area contributed by atoms with Crippen LogP contribution in [-0.4, -0.2) is 17.3 Å². The number of nitrogens with zero attached hydrogens (tertiary/aromatic N) is 2. The summed E-state index contributed by atoms with van der Waals surface area (Å²) in [5.74, 6) is -0.150. The minimum Gasteiger partial charge on any atom is -0.299 e. The molecular weight excluding hydrogens is 294 g/mol. The molecule has 2 aromatic rings. The van der Waals surface area contributed by atoms with Gasteiger partial charge in [-0.05, 0) is 29.0 Å². The number of rotatable bonds is 3. The summed E-state index contributed by atoms with van der Waals surface area (Å²) in [5.41, 5.74) is 1.94. The highest BCUT2D eigenvalue weighted by Gasteiger charge is 2.23. The molecule has 0 aliphatic carbocycles. The van der Waals surface area contributed by atoms with Crippen LogP contribution in [0.3, 0.4) is 0 Å². The lowest BCUT2D eigenvalue weighted by Crippen LogP contribution is -2.19. The lowest BCUT2D eigenvalue weighted by atomic mass is 10.2. The van der Waals surface area contributed by atoms with Crippen LogP contribution >= 0.6 is 11.8 Å². The van der Waals surface area contributed by atoms with Gasteiger partial charge in [-0.15, -0.1) is 5.10 Å². The minimum atomic E-state index is -0.150. The summed E-state index contributed by atoms with van der Waals surface area (Å²) >= 11 is 1.29. The molecule has 0 bridgehead atoms. The maximum absolute atomic E-state index is 11.9. The van der Waals surface area contributed by atoms with Gasteiger partial charge >= 0.3 is 0 Å². The Morgan fingerprint density at radius 3 is 2.23 bits per heavy atom. The predicted octanol–water partition coefficient (Wildman–Crippen LogP) is 3.28. The van der Waals surface area contributed by atoms with Crippen molar-refractivity contribution in [1.82, 2.24) is 5.32 Å². The second kappa shape index (κ2) is 6.87. The third-order valence-electron chi connectivity index (χ3n) is 2.90. The molecule has 1 heterocycles. The molecule has 2 aromatic carbocycles. The number of benzene rings is 2. The van der Waals surface area contributed by atoms with Crippen molar-refractivity contribution in [2.75, 3.05) is 0 Å². The first kappa shape index (κ1) is 14.3. The van der Waals surface area contributed by atoms with E-state index in [0.29, 0.717) is 10.1 Å². The van der Waals surface area contributed by atoms with Gasteiger partial charge in [0.05, 0.1) is 11.1 Å². The number of hydrogen-bond acceptors (Lipinski definition) is 4. The molecule has 4 nitrogen and oxygen atoms in total. The maximum Gasteiger partial charge on any atom is 0.264 e. The first-order chi connectivity index (χ1) is 10.8. The summed E-state index contributed by atoms with van der Waals surface area (Å²) in [5, 5.41) is 11.2. The Balaban J connectivity index is 1.71. The van der Waals surface area contributed by atoms with Crippen LogP contribution in [0.4, 0.5) is 0 Å². The molecule has 0 aromatic heterocycles. The van der Waals surface area contributed by atoms with Gasteiger partial charge in [0.15, 0.2) is 5.17 Å². The number of carbonyl (C=O) groups excluding carboxylic acids is 1. The summed E-state index contributed by atoms with van der Waals surface area (Å²) in [4.78, 5) is 12.5. The fraction of sp³-hybridized carbons (Fsp3) is 0. The highest BCUT2D eigenvalue weighted by molar-refractivity contribution is 8.18. The quantitative estimate of drug-likeness (QED) is 0.537. The van der Waals surface area contributed by atoms with E-state index in [1.807, 2.05) is 66.7 Å². The second-order valence-corrected chi connectivity index (χ2v) is 5.57. The van der Waals surface area contributed by atoms with Crippen molar-refractivity contribution in [2.24, 2.45) is 10.2 Å². The van der Waals surface area contributed by atoms with E-state index in [9.17, 15) is 4.79 Å². The number of amidine groups is 1. The van der Waals surface area contributed by atoms with Gasteiger partial charge in [0.25, 0.3) is 5.91 Å². The van der Waals surface area contributed by atoms with Crippen molar-refractivity contribution in [1.29, 1.82) is 0 Å². The lowest BCUT2D eigenvalue weighted by molar-refractivity contribution is -0.115. The summed E-state index contributed by atoms with van der Waals surface area (Å²) in [6, 6.07) is 19.4. The number of amides is 1. The first-order valence-electron chi connectivity index (χ1n) is 6.73. The predicted molar refractivity (Wildman–Crippen MR) is 91.6 cm³/mol. The Hall–Kier alpha value is -2.66. The molecule has 1 aliphatic rings. The second-order valence-electron chi connectivity index (χ2n) is 4.54. The largest absolute Gasteiger partial charge is 0.299 e. The van der Waals surface area contributed by atoms with Gasteiger partial charge in [0, 0.05) is 0 Å². The van der Waals surface area contributed by atoms with Crippen molar-refractivity contribution in [3.63, 3.8) is 0 Å². The minimum absolute atomic E-state index is 0.150. The Labute approximate surface area is 132 Å². The number of hydrogen-bond donors (Lipinski definition) is 1. The fourth-order valence-corrected chi connectivity index (χ4v) is 2.64. The average molecular weight is 307 g/mol. The Morgan fingerprint density at radius 1 is 0.909 bits per heavy atom. The molecule has 1 amide bonds. The van der Waals surface area contributed by atoms with Crippen LogP contribution in [0, 0.1) is 0 Å². The standard InChI is InChI=1S/C17H13N3OS/c21-16-15(11-13-7-3-1-4-8-13)22-17(19-16)20-18-12-14-9-5-2-6-10-14/h1-12H,(H,19,20,21)/b15-11+,18-12-. The van der Waals surface area contributed by atoms with Crippen molar-refractivity contribution in [2.45, 2.75) is 0 Å². The van der Waals surface area contributed by atoms with E-state index >= 15 is 0 Å². The normalized spacial score (nSPS) is 18.3. The molecule has 22 heavy (non-hydrogen) atoms. The SMILES string of the molecule is O=C1N/C(=N/N=C\c2ccccc2)S/C1=C/c1ccccc1. The van der Waals surface area contributed by atoms with E-state index in [4.69, 9.17) is 0 Å². The van der Waals surface area contributed by atoms with Gasteiger partial charge in [-0.1, -0.05) is 60.7 Å². The van der Waals surface area contributed by atoms with E-state index < -0.39 is 0 Å². The van der Waals surface area contributed by atoms with Crippen molar-refractivity contribution >= 4 is 35.1 Å². The lowest BCUT2D eigenvalue weighted by Gasteiger charge is -1.92. The van der Waals surface area contributed by atoms with E-state index in [0.717, 1.165) is 11.1 Å². The van der Waals surface area contributed by atoms with Gasteiger partial charge in [-0.2, -0.15) is 5.10 Å². The third-order valence-corrected chi connectivity index (χ3v) is 3.80. The van der Waals surface area contributed by atoms with Crippen LogP contribution in [0.1, 0.15) is 11.1 Å². The third kappa shape index (κ3) is 3.71. The molecule has 0 spiro atoms. The van der Waals surface area contributed by atoms with Crippen molar-refractivity contribution in [3.05, 3.63) is 76.7 Å². The number of carbonyl (C=O) groups is 1. The number of nitrogens with one attached hydrogen (secondary N) is 1.